The number of thiophene rings is 1. The number of hydrogen-bond acceptors (Lipinski definition) is 6. The zero-order chi connectivity index (χ0) is 23.8. The first-order valence-corrected chi connectivity index (χ1v) is 12.6. The van der Waals surface area contributed by atoms with Crippen LogP contribution in [0.25, 0.3) is 10.6 Å². The summed E-state index contributed by atoms with van der Waals surface area (Å²) in [5, 5.41) is 12.2. The lowest BCUT2D eigenvalue weighted by molar-refractivity contribution is 0.0890. The molecule has 0 aromatic carbocycles. The summed E-state index contributed by atoms with van der Waals surface area (Å²) in [4.78, 5) is 16.6. The fourth-order valence-electron chi connectivity index (χ4n) is 4.01. The zero-order valence-corrected chi connectivity index (χ0v) is 21.5. The number of hydrogen-bond donors (Lipinski definition) is 1. The van der Waals surface area contributed by atoms with Crippen LogP contribution in [0, 0.1) is 0 Å². The van der Waals surface area contributed by atoms with Crippen molar-refractivity contribution in [3.63, 3.8) is 0 Å². The van der Waals surface area contributed by atoms with Crippen LogP contribution >= 0.6 is 22.9 Å². The molecule has 178 valence electrons. The second-order valence-corrected chi connectivity index (χ2v) is 11.7. The number of aromatic nitrogens is 3. The lowest BCUT2D eigenvalue weighted by atomic mass is 9.92. The summed E-state index contributed by atoms with van der Waals surface area (Å²) in [6.07, 6.45) is 1.92. The van der Waals surface area contributed by atoms with Gasteiger partial charge in [-0.1, -0.05) is 37.5 Å². The highest BCUT2D eigenvalue weighted by Crippen LogP contribution is 2.31. The Morgan fingerprint density at radius 3 is 2.61 bits per heavy atom. The SMILES string of the molecule is CC(C)N1CCC(NC(=O)c2cc(C(C)(C)C)nn2Cc2cc(-c3ccc(Cl)s3)on2)CC1. The molecule has 1 aliphatic rings. The first-order valence-electron chi connectivity index (χ1n) is 11.4. The van der Waals surface area contributed by atoms with Gasteiger partial charge < -0.3 is 14.7 Å². The topological polar surface area (TPSA) is 76.2 Å². The number of halogens is 1. The van der Waals surface area contributed by atoms with E-state index in [1.54, 1.807) is 4.68 Å². The van der Waals surface area contributed by atoms with Gasteiger partial charge in [-0.05, 0) is 44.9 Å². The molecule has 9 heteroatoms. The van der Waals surface area contributed by atoms with Gasteiger partial charge >= 0.3 is 0 Å². The van der Waals surface area contributed by atoms with Crippen LogP contribution in [0.5, 0.6) is 0 Å². The average Bonchev–Trinajstić information content (AvgIpc) is 3.48. The van der Waals surface area contributed by atoms with E-state index >= 15 is 0 Å². The number of carbonyl (C=O) groups excluding carboxylic acids is 1. The summed E-state index contributed by atoms with van der Waals surface area (Å²) in [7, 11) is 0. The summed E-state index contributed by atoms with van der Waals surface area (Å²) in [6.45, 7) is 13.1. The number of rotatable bonds is 6. The van der Waals surface area contributed by atoms with Crippen LogP contribution in [-0.2, 0) is 12.0 Å². The molecule has 0 radical (unpaired) electrons. The van der Waals surface area contributed by atoms with Crippen LogP contribution in [0.3, 0.4) is 0 Å². The summed E-state index contributed by atoms with van der Waals surface area (Å²) >= 11 is 7.49. The third kappa shape index (κ3) is 5.67. The predicted molar refractivity (Wildman–Crippen MR) is 132 cm³/mol. The van der Waals surface area contributed by atoms with Gasteiger partial charge in [0.25, 0.3) is 5.91 Å². The molecule has 0 aliphatic carbocycles. The van der Waals surface area contributed by atoms with Crippen LogP contribution in [0.1, 0.15) is 69.3 Å². The molecule has 1 N–H and O–H groups in total. The van der Waals surface area contributed by atoms with E-state index in [4.69, 9.17) is 21.2 Å². The highest BCUT2D eigenvalue weighted by Gasteiger charge is 2.27. The summed E-state index contributed by atoms with van der Waals surface area (Å²) in [6, 6.07) is 8.24. The predicted octanol–water partition coefficient (Wildman–Crippen LogP) is 5.20. The lowest BCUT2D eigenvalue weighted by Crippen LogP contribution is -2.46. The number of nitrogens with zero attached hydrogens (tertiary/aromatic N) is 4. The molecule has 1 saturated heterocycles. The Bertz CT molecular complexity index is 1100. The van der Waals surface area contributed by atoms with Gasteiger partial charge in [-0.25, -0.2) is 0 Å². The summed E-state index contributed by atoms with van der Waals surface area (Å²) in [5.74, 6) is 0.572. The number of amides is 1. The zero-order valence-electron chi connectivity index (χ0n) is 19.9. The van der Waals surface area contributed by atoms with Crippen molar-refractivity contribution in [2.75, 3.05) is 13.1 Å². The molecule has 4 heterocycles. The lowest BCUT2D eigenvalue weighted by Gasteiger charge is -2.34. The van der Waals surface area contributed by atoms with E-state index in [0.717, 1.165) is 36.5 Å². The van der Waals surface area contributed by atoms with Gasteiger partial charge in [0, 0.05) is 36.7 Å². The number of nitrogens with one attached hydrogen (secondary N) is 1. The number of likely N-dealkylation sites (tertiary alicyclic amines) is 1. The van der Waals surface area contributed by atoms with E-state index < -0.39 is 0 Å². The Balaban J connectivity index is 1.51. The van der Waals surface area contributed by atoms with E-state index in [0.29, 0.717) is 34.1 Å². The summed E-state index contributed by atoms with van der Waals surface area (Å²) < 4.78 is 7.95. The van der Waals surface area contributed by atoms with Gasteiger partial charge in [0.1, 0.15) is 11.4 Å². The first kappa shape index (κ1) is 24.0. The third-order valence-electron chi connectivity index (χ3n) is 6.06. The van der Waals surface area contributed by atoms with Gasteiger partial charge in [0.2, 0.25) is 0 Å². The Labute approximate surface area is 204 Å². The minimum Gasteiger partial charge on any atom is -0.355 e. The molecule has 1 amide bonds. The average molecular weight is 490 g/mol. The van der Waals surface area contributed by atoms with Crippen molar-refractivity contribution in [2.24, 2.45) is 0 Å². The number of carbonyl (C=O) groups is 1. The Morgan fingerprint density at radius 1 is 1.27 bits per heavy atom. The minimum atomic E-state index is -0.175. The molecule has 1 fully saturated rings. The largest absolute Gasteiger partial charge is 0.355 e. The molecule has 0 saturated carbocycles. The Kier molecular flexibility index (Phi) is 6.98. The molecule has 4 rings (SSSR count). The Hall–Kier alpha value is -2.16. The van der Waals surface area contributed by atoms with E-state index in [-0.39, 0.29) is 17.4 Å². The van der Waals surface area contributed by atoms with Crippen molar-refractivity contribution in [1.29, 1.82) is 0 Å². The van der Waals surface area contributed by atoms with E-state index in [9.17, 15) is 4.79 Å². The molecule has 0 atom stereocenters. The van der Waals surface area contributed by atoms with Crippen LogP contribution in [0.4, 0.5) is 0 Å². The fourth-order valence-corrected chi connectivity index (χ4v) is 5.00. The van der Waals surface area contributed by atoms with Crippen molar-refractivity contribution >= 4 is 28.8 Å². The van der Waals surface area contributed by atoms with Gasteiger partial charge in [-0.3, -0.25) is 9.48 Å². The van der Waals surface area contributed by atoms with Crippen LogP contribution in [0.2, 0.25) is 4.34 Å². The quantitative estimate of drug-likeness (QED) is 0.515. The third-order valence-corrected chi connectivity index (χ3v) is 7.31. The number of piperidine rings is 1. The van der Waals surface area contributed by atoms with Gasteiger partial charge in [-0.2, -0.15) is 5.10 Å². The van der Waals surface area contributed by atoms with Crippen molar-refractivity contribution in [1.82, 2.24) is 25.2 Å². The van der Waals surface area contributed by atoms with Crippen LogP contribution in [0.15, 0.2) is 28.8 Å². The smallest absolute Gasteiger partial charge is 0.269 e. The van der Waals surface area contributed by atoms with Crippen molar-refractivity contribution in [2.45, 2.75) is 71.5 Å². The van der Waals surface area contributed by atoms with Crippen molar-refractivity contribution < 1.29 is 9.32 Å². The molecule has 0 spiro atoms. The molecule has 3 aromatic heterocycles. The van der Waals surface area contributed by atoms with Gasteiger partial charge in [0.05, 0.1) is 21.5 Å². The molecule has 1 aliphatic heterocycles. The Morgan fingerprint density at radius 2 is 2.00 bits per heavy atom. The second-order valence-electron chi connectivity index (χ2n) is 9.99. The van der Waals surface area contributed by atoms with Gasteiger partial charge in [-0.15, -0.1) is 11.3 Å². The van der Waals surface area contributed by atoms with E-state index in [1.807, 2.05) is 24.3 Å². The van der Waals surface area contributed by atoms with E-state index in [2.05, 4.69) is 50.0 Å². The normalized spacial score (nSPS) is 16.0. The molecule has 33 heavy (non-hydrogen) atoms. The van der Waals surface area contributed by atoms with Crippen LogP contribution < -0.4 is 5.32 Å². The van der Waals surface area contributed by atoms with Crippen molar-refractivity contribution in [3.05, 3.63) is 45.7 Å². The highest BCUT2D eigenvalue weighted by atomic mass is 35.5. The van der Waals surface area contributed by atoms with Crippen LogP contribution in [-0.4, -0.2) is 50.9 Å². The first-order chi connectivity index (χ1) is 15.6. The molecule has 3 aromatic rings. The molecular formula is C24H32ClN5O2S. The molecule has 0 bridgehead atoms. The maximum atomic E-state index is 13.3. The monoisotopic (exact) mass is 489 g/mol. The maximum Gasteiger partial charge on any atom is 0.269 e. The minimum absolute atomic E-state index is 0.0882. The molecular weight excluding hydrogens is 458 g/mol. The second kappa shape index (κ2) is 9.60. The molecule has 7 nitrogen and oxygen atoms in total. The van der Waals surface area contributed by atoms with Gasteiger partial charge in [0.15, 0.2) is 5.76 Å². The molecule has 0 unspecified atom stereocenters. The highest BCUT2D eigenvalue weighted by molar-refractivity contribution is 7.19. The summed E-state index contributed by atoms with van der Waals surface area (Å²) in [5.41, 5.74) is 1.95. The maximum absolute atomic E-state index is 13.3. The fraction of sp³-hybridized carbons (Fsp3) is 0.542. The van der Waals surface area contributed by atoms with E-state index in [1.165, 1.54) is 11.3 Å². The van der Waals surface area contributed by atoms with Crippen molar-refractivity contribution in [3.8, 4) is 10.6 Å². The standard InChI is InChI=1S/C24H32ClN5O2S/c1-15(2)29-10-8-16(9-11-29)26-23(31)18-13-21(24(3,4)5)27-30(18)14-17-12-19(32-28-17)20-6-7-22(25)33-20/h6-7,12-13,15-16H,8-11,14H2,1-5H3,(H,26,31).